The fourth-order valence-electron chi connectivity index (χ4n) is 2.00. The lowest BCUT2D eigenvalue weighted by atomic mass is 10.1. The van der Waals surface area contributed by atoms with E-state index in [0.29, 0.717) is 19.1 Å². The van der Waals surface area contributed by atoms with Gasteiger partial charge in [-0.25, -0.2) is 0 Å². The van der Waals surface area contributed by atoms with Crippen LogP contribution in [0.15, 0.2) is 41.8 Å². The van der Waals surface area contributed by atoms with Crippen molar-refractivity contribution in [3.63, 3.8) is 0 Å². The molecule has 1 N–H and O–H groups in total. The SMILES string of the molecule is CC(C)CNCc1cccc(COCc2cccs2)c1. The molecule has 2 nitrogen and oxygen atoms in total. The van der Waals surface area contributed by atoms with Crippen LogP contribution in [0.5, 0.6) is 0 Å². The lowest BCUT2D eigenvalue weighted by Crippen LogP contribution is -2.18. The van der Waals surface area contributed by atoms with Crippen molar-refractivity contribution in [3.05, 3.63) is 57.8 Å². The summed E-state index contributed by atoms with van der Waals surface area (Å²) >= 11 is 1.74. The Balaban J connectivity index is 1.77. The van der Waals surface area contributed by atoms with Gasteiger partial charge < -0.3 is 10.1 Å². The van der Waals surface area contributed by atoms with Crippen LogP contribution in [-0.2, 0) is 24.5 Å². The Morgan fingerprint density at radius 2 is 1.95 bits per heavy atom. The number of thiophene rings is 1. The van der Waals surface area contributed by atoms with Crippen molar-refractivity contribution in [2.75, 3.05) is 6.54 Å². The van der Waals surface area contributed by atoms with Crippen LogP contribution in [0.3, 0.4) is 0 Å². The van der Waals surface area contributed by atoms with E-state index in [0.717, 1.165) is 13.1 Å². The molecule has 0 atom stereocenters. The van der Waals surface area contributed by atoms with Crippen LogP contribution < -0.4 is 5.32 Å². The maximum absolute atomic E-state index is 5.75. The highest BCUT2D eigenvalue weighted by Crippen LogP contribution is 2.12. The first-order valence-electron chi connectivity index (χ1n) is 7.12. The average molecular weight is 289 g/mol. The third kappa shape index (κ3) is 5.45. The highest BCUT2D eigenvalue weighted by atomic mass is 32.1. The number of hydrogen-bond donors (Lipinski definition) is 1. The smallest absolute Gasteiger partial charge is 0.0813 e. The molecule has 108 valence electrons. The summed E-state index contributed by atoms with van der Waals surface area (Å²) in [5.74, 6) is 0.687. The van der Waals surface area contributed by atoms with E-state index in [4.69, 9.17) is 4.74 Å². The molecule has 3 heteroatoms. The van der Waals surface area contributed by atoms with Gasteiger partial charge >= 0.3 is 0 Å². The second-order valence-electron chi connectivity index (χ2n) is 5.42. The minimum Gasteiger partial charge on any atom is -0.371 e. The number of ether oxygens (including phenoxy) is 1. The van der Waals surface area contributed by atoms with Gasteiger partial charge in [0.1, 0.15) is 0 Å². The second kappa shape index (κ2) is 8.20. The molecule has 0 unspecified atom stereocenters. The van der Waals surface area contributed by atoms with Crippen molar-refractivity contribution in [1.29, 1.82) is 0 Å². The molecule has 0 amide bonds. The van der Waals surface area contributed by atoms with Crippen LogP contribution in [-0.4, -0.2) is 6.54 Å². The Bertz CT molecular complexity index is 493. The first kappa shape index (κ1) is 15.2. The van der Waals surface area contributed by atoms with Crippen LogP contribution in [0, 0.1) is 5.92 Å². The highest BCUT2D eigenvalue weighted by Gasteiger charge is 1.99. The highest BCUT2D eigenvalue weighted by molar-refractivity contribution is 7.09. The zero-order valence-corrected chi connectivity index (χ0v) is 13.1. The molecule has 0 spiro atoms. The Morgan fingerprint density at radius 3 is 2.70 bits per heavy atom. The van der Waals surface area contributed by atoms with Gasteiger partial charge in [-0.1, -0.05) is 44.2 Å². The summed E-state index contributed by atoms with van der Waals surface area (Å²) < 4.78 is 5.75. The number of nitrogens with one attached hydrogen (secondary N) is 1. The summed E-state index contributed by atoms with van der Waals surface area (Å²) in [6, 6.07) is 12.8. The molecule has 2 rings (SSSR count). The van der Waals surface area contributed by atoms with E-state index in [9.17, 15) is 0 Å². The third-order valence-electron chi connectivity index (χ3n) is 2.97. The summed E-state index contributed by atoms with van der Waals surface area (Å²) in [6.07, 6.45) is 0. The second-order valence-corrected chi connectivity index (χ2v) is 6.45. The van der Waals surface area contributed by atoms with E-state index in [1.807, 2.05) is 0 Å². The third-order valence-corrected chi connectivity index (χ3v) is 3.82. The van der Waals surface area contributed by atoms with Crippen LogP contribution in [0.2, 0.25) is 0 Å². The van der Waals surface area contributed by atoms with Crippen LogP contribution >= 0.6 is 11.3 Å². The van der Waals surface area contributed by atoms with Crippen LogP contribution in [0.25, 0.3) is 0 Å². The Morgan fingerprint density at radius 1 is 1.10 bits per heavy atom. The molecule has 0 saturated heterocycles. The molecular formula is C17H23NOS. The zero-order valence-electron chi connectivity index (χ0n) is 12.3. The summed E-state index contributed by atoms with van der Waals surface area (Å²) in [7, 11) is 0. The minimum atomic E-state index is 0.677. The van der Waals surface area contributed by atoms with E-state index in [1.165, 1.54) is 16.0 Å². The summed E-state index contributed by atoms with van der Waals surface area (Å²) in [5, 5.41) is 5.55. The Kier molecular flexibility index (Phi) is 6.25. The van der Waals surface area contributed by atoms with E-state index >= 15 is 0 Å². The Labute approximate surface area is 125 Å². The molecule has 0 aliphatic heterocycles. The van der Waals surface area contributed by atoms with E-state index < -0.39 is 0 Å². The number of hydrogen-bond acceptors (Lipinski definition) is 3. The molecule has 1 aromatic carbocycles. The fourth-order valence-corrected chi connectivity index (χ4v) is 2.64. The minimum absolute atomic E-state index is 0.677. The van der Waals surface area contributed by atoms with Crippen molar-refractivity contribution in [3.8, 4) is 0 Å². The largest absolute Gasteiger partial charge is 0.371 e. The van der Waals surface area contributed by atoms with Gasteiger partial charge in [-0.15, -0.1) is 11.3 Å². The van der Waals surface area contributed by atoms with Gasteiger partial charge in [0.2, 0.25) is 0 Å². The van der Waals surface area contributed by atoms with Gasteiger partial charge in [-0.2, -0.15) is 0 Å². The van der Waals surface area contributed by atoms with Crippen molar-refractivity contribution in [2.24, 2.45) is 5.92 Å². The molecule has 0 saturated carbocycles. The standard InChI is InChI=1S/C17H23NOS/c1-14(2)10-18-11-15-5-3-6-16(9-15)12-19-13-17-7-4-8-20-17/h3-9,14,18H,10-13H2,1-2H3. The predicted octanol–water partition coefficient (Wildman–Crippen LogP) is 4.21. The lowest BCUT2D eigenvalue weighted by Gasteiger charge is -2.09. The monoisotopic (exact) mass is 289 g/mol. The molecule has 0 aliphatic rings. The fraction of sp³-hybridized carbons (Fsp3) is 0.412. The van der Waals surface area contributed by atoms with Crippen molar-refractivity contribution in [2.45, 2.75) is 33.6 Å². The number of rotatable bonds is 8. The number of benzene rings is 1. The van der Waals surface area contributed by atoms with Gasteiger partial charge in [0.05, 0.1) is 13.2 Å². The Hall–Kier alpha value is -1.16. The summed E-state index contributed by atoms with van der Waals surface area (Å²) in [6.45, 7) is 7.81. The zero-order chi connectivity index (χ0) is 14.2. The van der Waals surface area contributed by atoms with E-state index in [1.54, 1.807) is 11.3 Å². The van der Waals surface area contributed by atoms with E-state index in [2.05, 4.69) is 60.9 Å². The molecule has 2 aromatic rings. The van der Waals surface area contributed by atoms with Crippen molar-refractivity contribution < 1.29 is 4.74 Å². The van der Waals surface area contributed by atoms with Gasteiger partial charge in [-0.3, -0.25) is 0 Å². The van der Waals surface area contributed by atoms with Gasteiger partial charge in [-0.05, 0) is 35.0 Å². The van der Waals surface area contributed by atoms with Gasteiger partial charge in [0, 0.05) is 11.4 Å². The molecule has 0 aliphatic carbocycles. The average Bonchev–Trinajstić information content (AvgIpc) is 2.92. The van der Waals surface area contributed by atoms with Crippen molar-refractivity contribution >= 4 is 11.3 Å². The van der Waals surface area contributed by atoms with E-state index in [-0.39, 0.29) is 0 Å². The van der Waals surface area contributed by atoms with Crippen LogP contribution in [0.1, 0.15) is 29.9 Å². The molecule has 0 radical (unpaired) electrons. The lowest BCUT2D eigenvalue weighted by molar-refractivity contribution is 0.109. The van der Waals surface area contributed by atoms with Gasteiger partial charge in [0.25, 0.3) is 0 Å². The maximum Gasteiger partial charge on any atom is 0.0813 e. The van der Waals surface area contributed by atoms with Gasteiger partial charge in [0.15, 0.2) is 0 Å². The van der Waals surface area contributed by atoms with Crippen LogP contribution in [0.4, 0.5) is 0 Å². The summed E-state index contributed by atoms with van der Waals surface area (Å²) in [5.41, 5.74) is 2.56. The molecule has 1 heterocycles. The molecule has 0 bridgehead atoms. The molecule has 20 heavy (non-hydrogen) atoms. The summed E-state index contributed by atoms with van der Waals surface area (Å²) in [4.78, 5) is 1.28. The first-order chi connectivity index (χ1) is 9.74. The maximum atomic E-state index is 5.75. The van der Waals surface area contributed by atoms with Crippen molar-refractivity contribution in [1.82, 2.24) is 5.32 Å². The first-order valence-corrected chi connectivity index (χ1v) is 8.00. The molecule has 1 aromatic heterocycles. The topological polar surface area (TPSA) is 21.3 Å². The predicted molar refractivity (Wildman–Crippen MR) is 85.8 cm³/mol. The molecular weight excluding hydrogens is 266 g/mol. The quantitative estimate of drug-likeness (QED) is 0.786. The normalized spacial score (nSPS) is 11.2. The molecule has 0 fully saturated rings.